The maximum Gasteiger partial charge on any atom is 0.107 e. The zero-order valence-electron chi connectivity index (χ0n) is 10.6. The molecule has 0 radical (unpaired) electrons. The van der Waals surface area contributed by atoms with Crippen LogP contribution in [0, 0.1) is 6.92 Å². The van der Waals surface area contributed by atoms with Crippen LogP contribution in [0.2, 0.25) is 0 Å². The number of hydrogen-bond acceptors (Lipinski definition) is 3. The van der Waals surface area contributed by atoms with Crippen LogP contribution in [0.25, 0.3) is 0 Å². The SMILES string of the molecule is Cc1csc(CNCc2ccccc2C2CC2)n1. The minimum atomic E-state index is 0.824. The highest BCUT2D eigenvalue weighted by atomic mass is 32.1. The molecule has 2 aromatic rings. The Kier molecular flexibility index (Phi) is 3.43. The molecule has 1 heterocycles. The number of hydrogen-bond donors (Lipinski definition) is 1. The first-order chi connectivity index (χ1) is 8.83. The smallest absolute Gasteiger partial charge is 0.107 e. The van der Waals surface area contributed by atoms with Crippen molar-refractivity contribution in [1.29, 1.82) is 0 Å². The summed E-state index contributed by atoms with van der Waals surface area (Å²) < 4.78 is 0. The lowest BCUT2D eigenvalue weighted by Gasteiger charge is -2.09. The molecule has 0 spiro atoms. The van der Waals surface area contributed by atoms with Gasteiger partial charge in [-0.2, -0.15) is 0 Å². The third kappa shape index (κ3) is 2.79. The standard InChI is InChI=1S/C15H18N2S/c1-11-10-18-15(17-11)9-16-8-13-4-2-3-5-14(13)12-6-7-12/h2-5,10,12,16H,6-9H2,1H3. The second-order valence-electron chi connectivity index (χ2n) is 4.96. The molecule has 0 atom stereocenters. The Morgan fingerprint density at radius 2 is 2.11 bits per heavy atom. The van der Waals surface area contributed by atoms with Crippen molar-refractivity contribution in [3.05, 3.63) is 51.5 Å². The lowest BCUT2D eigenvalue weighted by molar-refractivity contribution is 0.683. The van der Waals surface area contributed by atoms with Crippen molar-refractivity contribution < 1.29 is 0 Å². The van der Waals surface area contributed by atoms with E-state index in [2.05, 4.69) is 39.9 Å². The first-order valence-electron chi connectivity index (χ1n) is 6.52. The minimum Gasteiger partial charge on any atom is -0.306 e. The van der Waals surface area contributed by atoms with Gasteiger partial charge in [0.2, 0.25) is 0 Å². The van der Waals surface area contributed by atoms with E-state index >= 15 is 0 Å². The maximum absolute atomic E-state index is 4.47. The van der Waals surface area contributed by atoms with Crippen LogP contribution in [0.3, 0.4) is 0 Å². The van der Waals surface area contributed by atoms with Gasteiger partial charge in [0.05, 0.1) is 0 Å². The van der Waals surface area contributed by atoms with Gasteiger partial charge in [0.1, 0.15) is 5.01 Å². The largest absolute Gasteiger partial charge is 0.306 e. The molecule has 1 saturated carbocycles. The van der Waals surface area contributed by atoms with Crippen LogP contribution in [-0.4, -0.2) is 4.98 Å². The molecule has 3 heteroatoms. The third-order valence-corrected chi connectivity index (χ3v) is 4.30. The third-order valence-electron chi connectivity index (χ3n) is 3.33. The molecule has 1 aromatic carbocycles. The van der Waals surface area contributed by atoms with Crippen molar-refractivity contribution in [3.8, 4) is 0 Å². The number of aryl methyl sites for hydroxylation is 1. The van der Waals surface area contributed by atoms with Crippen LogP contribution >= 0.6 is 11.3 Å². The fraction of sp³-hybridized carbons (Fsp3) is 0.400. The van der Waals surface area contributed by atoms with Gasteiger partial charge in [-0.15, -0.1) is 11.3 Å². The van der Waals surface area contributed by atoms with Gasteiger partial charge in [0.15, 0.2) is 0 Å². The summed E-state index contributed by atoms with van der Waals surface area (Å²) in [6.07, 6.45) is 2.73. The van der Waals surface area contributed by atoms with Crippen LogP contribution < -0.4 is 5.32 Å². The molecule has 0 aliphatic heterocycles. The Balaban J connectivity index is 1.59. The predicted octanol–water partition coefficient (Wildman–Crippen LogP) is 3.62. The summed E-state index contributed by atoms with van der Waals surface area (Å²) in [6.45, 7) is 3.87. The maximum atomic E-state index is 4.47. The Labute approximate surface area is 112 Å². The van der Waals surface area contributed by atoms with E-state index in [-0.39, 0.29) is 0 Å². The van der Waals surface area contributed by atoms with E-state index in [1.807, 2.05) is 6.92 Å². The Morgan fingerprint density at radius 3 is 2.83 bits per heavy atom. The summed E-state index contributed by atoms with van der Waals surface area (Å²) in [4.78, 5) is 4.47. The molecular formula is C15H18N2S. The monoisotopic (exact) mass is 258 g/mol. The molecule has 1 aliphatic carbocycles. The van der Waals surface area contributed by atoms with Crippen molar-refractivity contribution in [2.24, 2.45) is 0 Å². The molecule has 1 aliphatic rings. The molecule has 3 rings (SSSR count). The van der Waals surface area contributed by atoms with Crippen molar-refractivity contribution in [2.75, 3.05) is 0 Å². The average molecular weight is 258 g/mol. The van der Waals surface area contributed by atoms with Crippen LogP contribution in [0.4, 0.5) is 0 Å². The molecule has 0 unspecified atom stereocenters. The molecule has 0 saturated heterocycles. The van der Waals surface area contributed by atoms with Crippen molar-refractivity contribution >= 4 is 11.3 Å². The van der Waals surface area contributed by atoms with Gasteiger partial charge in [-0.05, 0) is 36.8 Å². The topological polar surface area (TPSA) is 24.9 Å². The van der Waals surface area contributed by atoms with Gasteiger partial charge in [0.25, 0.3) is 0 Å². The number of thiazole rings is 1. The van der Waals surface area contributed by atoms with E-state index in [0.717, 1.165) is 24.7 Å². The Hall–Kier alpha value is -1.19. The number of benzene rings is 1. The minimum absolute atomic E-state index is 0.824. The Morgan fingerprint density at radius 1 is 1.28 bits per heavy atom. The van der Waals surface area contributed by atoms with E-state index in [4.69, 9.17) is 0 Å². The van der Waals surface area contributed by atoms with Gasteiger partial charge < -0.3 is 5.32 Å². The molecule has 0 bridgehead atoms. The van der Waals surface area contributed by atoms with E-state index in [9.17, 15) is 0 Å². The van der Waals surface area contributed by atoms with Crippen LogP contribution in [0.15, 0.2) is 29.6 Å². The van der Waals surface area contributed by atoms with E-state index < -0.39 is 0 Å². The highest BCUT2D eigenvalue weighted by Gasteiger charge is 2.25. The van der Waals surface area contributed by atoms with Gasteiger partial charge >= 0.3 is 0 Å². The average Bonchev–Trinajstić information content (AvgIpc) is 3.14. The molecular weight excluding hydrogens is 240 g/mol. The van der Waals surface area contributed by atoms with E-state index in [0.29, 0.717) is 0 Å². The van der Waals surface area contributed by atoms with Crippen LogP contribution in [-0.2, 0) is 13.1 Å². The van der Waals surface area contributed by atoms with Gasteiger partial charge in [0, 0.05) is 24.2 Å². The first-order valence-corrected chi connectivity index (χ1v) is 7.40. The van der Waals surface area contributed by atoms with E-state index in [1.165, 1.54) is 23.4 Å². The van der Waals surface area contributed by atoms with Crippen molar-refractivity contribution in [3.63, 3.8) is 0 Å². The van der Waals surface area contributed by atoms with Crippen LogP contribution in [0.1, 0.15) is 40.6 Å². The van der Waals surface area contributed by atoms with Crippen molar-refractivity contribution in [1.82, 2.24) is 10.3 Å². The normalized spacial score (nSPS) is 14.9. The summed E-state index contributed by atoms with van der Waals surface area (Å²) in [5, 5.41) is 6.79. The summed E-state index contributed by atoms with van der Waals surface area (Å²) >= 11 is 1.73. The van der Waals surface area contributed by atoms with Gasteiger partial charge in [-0.1, -0.05) is 24.3 Å². The second-order valence-corrected chi connectivity index (χ2v) is 5.90. The fourth-order valence-corrected chi connectivity index (χ4v) is 3.02. The number of rotatable bonds is 5. The van der Waals surface area contributed by atoms with Crippen LogP contribution in [0.5, 0.6) is 0 Å². The molecule has 18 heavy (non-hydrogen) atoms. The first kappa shape index (κ1) is 11.9. The predicted molar refractivity (Wildman–Crippen MR) is 75.8 cm³/mol. The van der Waals surface area contributed by atoms with Gasteiger partial charge in [-0.25, -0.2) is 4.98 Å². The number of nitrogens with one attached hydrogen (secondary N) is 1. The zero-order valence-corrected chi connectivity index (χ0v) is 11.5. The lowest BCUT2D eigenvalue weighted by atomic mass is 10.0. The fourth-order valence-electron chi connectivity index (χ4n) is 2.28. The number of aromatic nitrogens is 1. The quantitative estimate of drug-likeness (QED) is 0.886. The molecule has 94 valence electrons. The summed E-state index contributed by atoms with van der Waals surface area (Å²) in [6, 6.07) is 8.81. The molecule has 1 N–H and O–H groups in total. The Bertz CT molecular complexity index is 529. The highest BCUT2D eigenvalue weighted by molar-refractivity contribution is 7.09. The molecule has 2 nitrogen and oxygen atoms in total. The lowest BCUT2D eigenvalue weighted by Crippen LogP contribution is -2.13. The summed E-state index contributed by atoms with van der Waals surface area (Å²) in [5.41, 5.74) is 4.11. The van der Waals surface area contributed by atoms with Crippen molar-refractivity contribution in [2.45, 2.75) is 38.8 Å². The highest BCUT2D eigenvalue weighted by Crippen LogP contribution is 2.41. The summed E-state index contributed by atoms with van der Waals surface area (Å²) in [7, 11) is 0. The van der Waals surface area contributed by atoms with E-state index in [1.54, 1.807) is 16.9 Å². The number of nitrogens with zero attached hydrogens (tertiary/aromatic N) is 1. The molecule has 1 aromatic heterocycles. The second kappa shape index (κ2) is 5.21. The molecule has 0 amide bonds. The molecule has 1 fully saturated rings. The summed E-state index contributed by atoms with van der Waals surface area (Å²) in [5.74, 6) is 0.824. The van der Waals surface area contributed by atoms with Gasteiger partial charge in [-0.3, -0.25) is 0 Å². The zero-order chi connectivity index (χ0) is 12.4.